The summed E-state index contributed by atoms with van der Waals surface area (Å²) < 4.78 is 29.7. The number of aliphatic hydroxyl groups is 1. The highest BCUT2D eigenvalue weighted by Gasteiger charge is 2.37. The molecule has 0 aliphatic rings. The van der Waals surface area contributed by atoms with Crippen LogP contribution in [-0.4, -0.2) is 66.4 Å². The average molecular weight is 687 g/mol. The van der Waals surface area contributed by atoms with Gasteiger partial charge in [-0.3, -0.25) is 15.0 Å². The number of hydrogen-bond donors (Lipinski definition) is 3. The molecule has 262 valence electrons. The molecule has 0 saturated carbocycles. The first-order chi connectivity index (χ1) is 23.2. The molecule has 49 heavy (non-hydrogen) atoms. The number of nitrogens with zero attached hydrogens (tertiary/aromatic N) is 2. The quantitative estimate of drug-likeness (QED) is 0.141. The Morgan fingerprint density at radius 2 is 1.39 bits per heavy atom. The van der Waals surface area contributed by atoms with Crippen LogP contribution in [0.25, 0.3) is 10.8 Å². The van der Waals surface area contributed by atoms with E-state index in [0.29, 0.717) is 6.54 Å². The molecular weight excluding hydrogens is 637 g/mol. The van der Waals surface area contributed by atoms with Crippen LogP contribution in [0.5, 0.6) is 0 Å². The number of aliphatic hydroxyl groups excluding tert-OH is 1. The fourth-order valence-corrected chi connectivity index (χ4v) is 7.36. The lowest BCUT2D eigenvalue weighted by Crippen LogP contribution is -2.60. The minimum absolute atomic E-state index is 0.0518. The normalized spacial score (nSPS) is 13.4. The fourth-order valence-electron chi connectivity index (χ4n) is 5.70. The minimum Gasteiger partial charge on any atom is -0.390 e. The maximum Gasteiger partial charge on any atom is 0.252 e. The summed E-state index contributed by atoms with van der Waals surface area (Å²) in [7, 11) is -4.05. The number of benzene rings is 4. The van der Waals surface area contributed by atoms with Gasteiger partial charge < -0.3 is 10.4 Å². The largest absolute Gasteiger partial charge is 0.390 e. The topological polar surface area (TPSA) is 119 Å². The lowest BCUT2D eigenvalue weighted by Gasteiger charge is -2.38. The average Bonchev–Trinajstić information content (AvgIpc) is 3.05. The monoisotopic (exact) mass is 686 g/mol. The number of amides is 2. The molecule has 0 unspecified atom stereocenters. The third-order valence-electron chi connectivity index (χ3n) is 8.03. The third-order valence-corrected chi connectivity index (χ3v) is 9.86. The van der Waals surface area contributed by atoms with E-state index in [2.05, 4.69) is 10.7 Å². The summed E-state index contributed by atoms with van der Waals surface area (Å²) >= 11 is 0. The molecule has 10 heteroatoms. The van der Waals surface area contributed by atoms with Crippen LogP contribution in [0.1, 0.15) is 52.2 Å². The van der Waals surface area contributed by atoms with Crippen LogP contribution in [0, 0.1) is 11.3 Å². The predicted octanol–water partition coefficient (Wildman–Crippen LogP) is 5.54. The number of carbonyl (C=O) groups is 2. The van der Waals surface area contributed by atoms with Gasteiger partial charge in [0.05, 0.1) is 23.6 Å². The molecule has 0 aliphatic carbocycles. The first-order valence-electron chi connectivity index (χ1n) is 16.8. The van der Waals surface area contributed by atoms with Gasteiger partial charge in [0.25, 0.3) is 5.91 Å². The summed E-state index contributed by atoms with van der Waals surface area (Å²) in [5, 5.41) is 18.1. The molecule has 4 aromatic carbocycles. The number of fused-ring (bicyclic) bond motifs is 1. The number of rotatable bonds is 15. The lowest BCUT2D eigenvalue weighted by atomic mass is 9.91. The third kappa shape index (κ3) is 11.2. The molecule has 0 heterocycles. The smallest absolute Gasteiger partial charge is 0.252 e. The van der Waals surface area contributed by atoms with Crippen molar-refractivity contribution < 1.29 is 23.1 Å². The highest BCUT2D eigenvalue weighted by molar-refractivity contribution is 7.89. The van der Waals surface area contributed by atoms with Gasteiger partial charge >= 0.3 is 0 Å². The highest BCUT2D eigenvalue weighted by Crippen LogP contribution is 2.26. The molecule has 2 amide bonds. The zero-order valence-corrected chi connectivity index (χ0v) is 30.0. The molecule has 0 aliphatic heterocycles. The van der Waals surface area contributed by atoms with Gasteiger partial charge in [0.2, 0.25) is 15.9 Å². The Hall–Kier alpha value is -4.09. The second kappa shape index (κ2) is 17.0. The van der Waals surface area contributed by atoms with E-state index in [1.54, 1.807) is 18.2 Å². The van der Waals surface area contributed by atoms with Gasteiger partial charge in [0.1, 0.15) is 0 Å². The molecular formula is C39H50N4O5S. The van der Waals surface area contributed by atoms with Gasteiger partial charge in [0, 0.05) is 26.1 Å². The molecule has 0 saturated heterocycles. The van der Waals surface area contributed by atoms with Crippen molar-refractivity contribution in [3.63, 3.8) is 0 Å². The van der Waals surface area contributed by atoms with Gasteiger partial charge in [-0.1, -0.05) is 126 Å². The van der Waals surface area contributed by atoms with E-state index in [1.165, 1.54) is 9.31 Å². The van der Waals surface area contributed by atoms with E-state index in [0.717, 1.165) is 21.9 Å². The molecule has 9 nitrogen and oxygen atoms in total. The maximum absolute atomic E-state index is 14.2. The Morgan fingerprint density at radius 3 is 2.00 bits per heavy atom. The second-order valence-corrected chi connectivity index (χ2v) is 16.1. The van der Waals surface area contributed by atoms with Gasteiger partial charge in [-0.2, -0.15) is 4.31 Å². The van der Waals surface area contributed by atoms with E-state index in [9.17, 15) is 23.1 Å². The molecule has 0 fully saturated rings. The summed E-state index contributed by atoms with van der Waals surface area (Å²) in [6.07, 6.45) is -1.08. The Kier molecular flexibility index (Phi) is 13.1. The maximum atomic E-state index is 14.2. The number of hydrogen-bond acceptors (Lipinski definition) is 6. The van der Waals surface area contributed by atoms with Crippen molar-refractivity contribution in [2.45, 2.75) is 71.0 Å². The van der Waals surface area contributed by atoms with Crippen LogP contribution in [0.3, 0.4) is 0 Å². The van der Waals surface area contributed by atoms with Crippen LogP contribution >= 0.6 is 0 Å². The SMILES string of the molecule is CC(C)CN(C[C@@H](O)[C@H](Cc1ccccc1)N(NC(=O)CNCc1ccccc1)C(=O)CC(C)(C)C)S(=O)(=O)c1ccc2ccccc2c1. The van der Waals surface area contributed by atoms with Crippen LogP contribution in [0.2, 0.25) is 0 Å². The zero-order chi connectivity index (χ0) is 35.6. The van der Waals surface area contributed by atoms with E-state index in [1.807, 2.05) is 120 Å². The van der Waals surface area contributed by atoms with Crippen LogP contribution in [0.4, 0.5) is 0 Å². The van der Waals surface area contributed by atoms with Crippen molar-refractivity contribution in [1.29, 1.82) is 0 Å². The first kappa shape index (κ1) is 37.7. The van der Waals surface area contributed by atoms with E-state index in [4.69, 9.17) is 0 Å². The van der Waals surface area contributed by atoms with Crippen molar-refractivity contribution in [3.05, 3.63) is 114 Å². The van der Waals surface area contributed by atoms with E-state index >= 15 is 0 Å². The molecule has 0 bridgehead atoms. The Labute approximate surface area is 291 Å². The molecule has 4 rings (SSSR count). The Morgan fingerprint density at radius 1 is 0.796 bits per heavy atom. The summed E-state index contributed by atoms with van der Waals surface area (Å²) in [5.41, 5.74) is 4.20. The van der Waals surface area contributed by atoms with Crippen molar-refractivity contribution in [2.24, 2.45) is 11.3 Å². The second-order valence-electron chi connectivity index (χ2n) is 14.2. The minimum atomic E-state index is -4.05. The van der Waals surface area contributed by atoms with Crippen molar-refractivity contribution in [1.82, 2.24) is 20.1 Å². The van der Waals surface area contributed by atoms with Crippen molar-refractivity contribution in [2.75, 3.05) is 19.6 Å². The molecule has 2 atom stereocenters. The Balaban J connectivity index is 1.66. The summed E-state index contributed by atoms with van der Waals surface area (Å²) in [6, 6.07) is 30.6. The van der Waals surface area contributed by atoms with Gasteiger partial charge in [-0.25, -0.2) is 13.4 Å². The predicted molar refractivity (Wildman–Crippen MR) is 195 cm³/mol. The highest BCUT2D eigenvalue weighted by atomic mass is 32.2. The number of carbonyl (C=O) groups excluding carboxylic acids is 2. The summed E-state index contributed by atoms with van der Waals surface area (Å²) in [5.74, 6) is -0.882. The summed E-state index contributed by atoms with van der Waals surface area (Å²) in [6.45, 7) is 9.86. The standard InChI is InChI=1S/C39H50N4O5S/c1-29(2)27-42(49(47,48)34-21-20-32-18-12-13-19-33(32)23-34)28-36(44)35(22-30-14-8-6-9-15-30)43(38(46)24-39(3,4)5)41-37(45)26-40-25-31-16-10-7-11-17-31/h6-21,23,29,35-36,40,44H,22,24-28H2,1-5H3,(H,41,45)/t35-,36+/m0/s1. The Bertz CT molecular complexity index is 1780. The van der Waals surface area contributed by atoms with Gasteiger partial charge in [-0.05, 0) is 51.8 Å². The van der Waals surface area contributed by atoms with Crippen LogP contribution in [0.15, 0.2) is 108 Å². The van der Waals surface area contributed by atoms with E-state index < -0.39 is 33.5 Å². The molecule has 0 spiro atoms. The number of sulfonamides is 1. The summed E-state index contributed by atoms with van der Waals surface area (Å²) in [4.78, 5) is 27.5. The van der Waals surface area contributed by atoms with E-state index in [-0.39, 0.29) is 49.2 Å². The molecule has 3 N–H and O–H groups in total. The molecule has 4 aromatic rings. The van der Waals surface area contributed by atoms with Crippen LogP contribution in [-0.2, 0) is 32.6 Å². The zero-order valence-electron chi connectivity index (χ0n) is 29.2. The lowest BCUT2D eigenvalue weighted by molar-refractivity contribution is -0.149. The molecule has 0 aromatic heterocycles. The van der Waals surface area contributed by atoms with Crippen molar-refractivity contribution in [3.8, 4) is 0 Å². The first-order valence-corrected chi connectivity index (χ1v) is 18.2. The van der Waals surface area contributed by atoms with Gasteiger partial charge in [-0.15, -0.1) is 0 Å². The van der Waals surface area contributed by atoms with Gasteiger partial charge in [0.15, 0.2) is 0 Å². The fraction of sp³-hybridized carbons (Fsp3) is 0.385. The molecule has 0 radical (unpaired) electrons. The van der Waals surface area contributed by atoms with Crippen LogP contribution < -0.4 is 10.7 Å². The van der Waals surface area contributed by atoms with Crippen molar-refractivity contribution >= 4 is 32.6 Å². The number of hydrazine groups is 1. The number of nitrogens with one attached hydrogen (secondary N) is 2.